The third-order valence-electron chi connectivity index (χ3n) is 6.57. The smallest absolute Gasteiger partial charge is 0.290 e. The number of primary amides is 1. The third kappa shape index (κ3) is 14.3. The summed E-state index contributed by atoms with van der Waals surface area (Å²) in [7, 11) is 0. The van der Waals surface area contributed by atoms with Gasteiger partial charge in [0, 0.05) is 18.9 Å². The molecule has 1 rings (SSSR count). The van der Waals surface area contributed by atoms with Gasteiger partial charge in [-0.2, -0.15) is 0 Å². The van der Waals surface area contributed by atoms with Crippen LogP contribution in [-0.2, 0) is 35.2 Å². The van der Waals surface area contributed by atoms with Gasteiger partial charge in [-0.3, -0.25) is 39.2 Å². The van der Waals surface area contributed by atoms with E-state index in [2.05, 4.69) is 31.6 Å². The van der Waals surface area contributed by atoms with Crippen LogP contribution in [0.2, 0.25) is 0 Å². The van der Waals surface area contributed by atoms with Gasteiger partial charge >= 0.3 is 0 Å². The van der Waals surface area contributed by atoms with Crippen molar-refractivity contribution in [3.8, 4) is 0 Å². The van der Waals surface area contributed by atoms with E-state index in [1.807, 2.05) is 13.8 Å². The number of nitrogens with one attached hydrogen (secondary N) is 6. The molecule has 0 saturated carbocycles. The summed E-state index contributed by atoms with van der Waals surface area (Å²) in [4.78, 5) is 79.9. The molecule has 15 heteroatoms. The Morgan fingerprint density at radius 2 is 1.56 bits per heavy atom. The number of ketones is 1. The lowest BCUT2D eigenvalue weighted by atomic mass is 9.93. The van der Waals surface area contributed by atoms with Gasteiger partial charge in [-0.15, -0.1) is 0 Å². The lowest BCUT2D eigenvalue weighted by Crippen LogP contribution is -2.58. The number of guanidine groups is 1. The van der Waals surface area contributed by atoms with Crippen LogP contribution in [0.25, 0.3) is 0 Å². The van der Waals surface area contributed by atoms with Crippen molar-refractivity contribution >= 4 is 41.3 Å². The Morgan fingerprint density at radius 1 is 0.907 bits per heavy atom. The Morgan fingerprint density at radius 3 is 2.12 bits per heavy atom. The first kappa shape index (κ1) is 36.5. The van der Waals surface area contributed by atoms with Crippen molar-refractivity contribution < 1.29 is 28.8 Å². The summed E-state index contributed by atoms with van der Waals surface area (Å²) in [5, 5.41) is 19.8. The lowest BCUT2D eigenvalue weighted by Gasteiger charge is -2.27. The van der Waals surface area contributed by atoms with Crippen LogP contribution in [-0.4, -0.2) is 77.5 Å². The molecule has 0 aliphatic carbocycles. The highest BCUT2D eigenvalue weighted by atomic mass is 16.2. The number of pyridine rings is 1. The summed E-state index contributed by atoms with van der Waals surface area (Å²) >= 11 is 0. The molecule has 1 unspecified atom stereocenters. The fourth-order valence-electron chi connectivity index (χ4n) is 4.02. The van der Waals surface area contributed by atoms with Crippen molar-refractivity contribution in [2.24, 2.45) is 23.3 Å². The average molecular weight is 604 g/mol. The maximum atomic E-state index is 13.3. The molecule has 0 aromatic carbocycles. The molecule has 1 aromatic heterocycles. The van der Waals surface area contributed by atoms with Gasteiger partial charge in [0.25, 0.3) is 5.91 Å². The second-order valence-electron chi connectivity index (χ2n) is 10.7. The van der Waals surface area contributed by atoms with Crippen molar-refractivity contribution in [3.63, 3.8) is 0 Å². The van der Waals surface area contributed by atoms with Crippen LogP contribution in [0.3, 0.4) is 0 Å². The van der Waals surface area contributed by atoms with Crippen LogP contribution >= 0.6 is 0 Å². The van der Waals surface area contributed by atoms with E-state index in [1.165, 1.54) is 0 Å². The number of nitrogens with zero attached hydrogens (tertiary/aromatic N) is 1. The molecule has 43 heavy (non-hydrogen) atoms. The Hall–Kier alpha value is -4.56. The van der Waals surface area contributed by atoms with Gasteiger partial charge in [0.05, 0.1) is 19.0 Å². The van der Waals surface area contributed by atoms with Gasteiger partial charge in [-0.1, -0.05) is 34.1 Å². The summed E-state index contributed by atoms with van der Waals surface area (Å²) in [5.41, 5.74) is 11.3. The van der Waals surface area contributed by atoms with E-state index in [4.69, 9.17) is 16.9 Å². The molecule has 4 atom stereocenters. The molecule has 0 fully saturated rings. The van der Waals surface area contributed by atoms with Crippen LogP contribution in [0.1, 0.15) is 58.9 Å². The normalized spacial score (nSPS) is 13.5. The molecule has 1 heterocycles. The van der Waals surface area contributed by atoms with E-state index in [-0.39, 0.29) is 50.1 Å². The van der Waals surface area contributed by atoms with Gasteiger partial charge in [-0.25, -0.2) is 0 Å². The molecule has 0 spiro atoms. The van der Waals surface area contributed by atoms with Gasteiger partial charge < -0.3 is 38.1 Å². The molecular formula is C28H45N9O6. The molecule has 10 N–H and O–H groups in total. The van der Waals surface area contributed by atoms with E-state index >= 15 is 0 Å². The highest BCUT2D eigenvalue weighted by Gasteiger charge is 2.34. The Balaban J connectivity index is 2.87. The number of Topliss-reactive ketones (excluding diaryl/α,β-unsaturated/α-hetero) is 1. The van der Waals surface area contributed by atoms with Gasteiger partial charge in [0.15, 0.2) is 5.96 Å². The van der Waals surface area contributed by atoms with E-state index in [1.54, 1.807) is 38.4 Å². The van der Waals surface area contributed by atoms with E-state index in [9.17, 15) is 28.8 Å². The average Bonchev–Trinajstić information content (AvgIpc) is 2.95. The molecule has 0 aliphatic rings. The van der Waals surface area contributed by atoms with Crippen molar-refractivity contribution in [1.82, 2.24) is 31.6 Å². The standard InChI is InChI=1S/C28H45N9O6/c1-5-17(4)23(24(40)27(43)36-19(25(29)41)7-6-10-33-28(30)31)37-26(42)20(13-16(2)3)35-22(39)15-34-21(38)14-18-8-11-32-12-9-18/h8-9,11-12,16-17,19-20,23H,5-7,10,13-15H2,1-4H3,(H2,29,41)(H,34,38)(H,35,39)(H,36,43)(H,37,42)(H4,30,31,33)/t17-,19+,20-,23?/m0/s1. The van der Waals surface area contributed by atoms with E-state index in [0.29, 0.717) is 12.8 Å². The summed E-state index contributed by atoms with van der Waals surface area (Å²) in [6, 6.07) is -0.0722. The number of aromatic nitrogens is 1. The van der Waals surface area contributed by atoms with Crippen molar-refractivity contribution in [3.05, 3.63) is 30.1 Å². The Bertz CT molecular complexity index is 1130. The Labute approximate surface area is 251 Å². The van der Waals surface area contributed by atoms with Crippen LogP contribution in [0.4, 0.5) is 0 Å². The molecule has 5 amide bonds. The molecular weight excluding hydrogens is 558 g/mol. The SMILES string of the molecule is CC[C@H](C)C(NC(=O)[C@H](CC(C)C)NC(=O)CNC(=O)Cc1ccncc1)C(=O)C(=O)N[C@H](CCCNC(=N)N)C(N)=O. The monoisotopic (exact) mass is 603 g/mol. The number of amides is 5. The minimum absolute atomic E-state index is 0.0211. The predicted molar refractivity (Wildman–Crippen MR) is 159 cm³/mol. The molecule has 0 bridgehead atoms. The molecule has 15 nitrogen and oxygen atoms in total. The first-order valence-corrected chi connectivity index (χ1v) is 14.2. The first-order valence-electron chi connectivity index (χ1n) is 14.2. The quantitative estimate of drug-likeness (QED) is 0.0400. The summed E-state index contributed by atoms with van der Waals surface area (Å²) in [5.74, 6) is -5.28. The molecule has 238 valence electrons. The molecule has 0 aliphatic heterocycles. The lowest BCUT2D eigenvalue weighted by molar-refractivity contribution is -0.142. The number of hydrogen-bond donors (Lipinski definition) is 8. The second kappa shape index (κ2) is 18.8. The maximum absolute atomic E-state index is 13.3. The highest BCUT2D eigenvalue weighted by molar-refractivity contribution is 6.38. The van der Waals surface area contributed by atoms with Gasteiger partial charge in [-0.05, 0) is 48.8 Å². The summed E-state index contributed by atoms with van der Waals surface area (Å²) < 4.78 is 0. The fraction of sp³-hybridized carbons (Fsp3) is 0.571. The van der Waals surface area contributed by atoms with Gasteiger partial charge in [0.1, 0.15) is 12.1 Å². The number of carbonyl (C=O) groups is 6. The van der Waals surface area contributed by atoms with Crippen molar-refractivity contribution in [2.45, 2.75) is 77.9 Å². The van der Waals surface area contributed by atoms with Gasteiger partial charge in [0.2, 0.25) is 29.4 Å². The number of hydrogen-bond acceptors (Lipinski definition) is 8. The fourth-order valence-corrected chi connectivity index (χ4v) is 4.02. The van der Waals surface area contributed by atoms with Crippen molar-refractivity contribution in [1.29, 1.82) is 5.41 Å². The molecule has 0 radical (unpaired) electrons. The number of nitrogens with two attached hydrogens (primary N) is 2. The molecule has 1 aromatic rings. The maximum Gasteiger partial charge on any atom is 0.290 e. The predicted octanol–water partition coefficient (Wildman–Crippen LogP) is -1.40. The summed E-state index contributed by atoms with van der Waals surface area (Å²) in [6.07, 6.45) is 4.25. The largest absolute Gasteiger partial charge is 0.370 e. The van der Waals surface area contributed by atoms with Crippen molar-refractivity contribution in [2.75, 3.05) is 13.1 Å². The summed E-state index contributed by atoms with van der Waals surface area (Å²) in [6.45, 7) is 7.06. The number of rotatable bonds is 19. The second-order valence-corrected chi connectivity index (χ2v) is 10.7. The zero-order valence-corrected chi connectivity index (χ0v) is 25.2. The minimum atomic E-state index is -1.24. The van der Waals surface area contributed by atoms with E-state index in [0.717, 1.165) is 5.56 Å². The minimum Gasteiger partial charge on any atom is -0.370 e. The zero-order chi connectivity index (χ0) is 32.5. The topological polar surface area (TPSA) is 251 Å². The first-order chi connectivity index (χ1) is 20.2. The van der Waals surface area contributed by atoms with Crippen LogP contribution in [0.5, 0.6) is 0 Å². The third-order valence-corrected chi connectivity index (χ3v) is 6.57. The van der Waals surface area contributed by atoms with Crippen LogP contribution in [0, 0.1) is 17.2 Å². The van der Waals surface area contributed by atoms with Crippen LogP contribution < -0.4 is 38.1 Å². The highest BCUT2D eigenvalue weighted by Crippen LogP contribution is 2.12. The number of carbonyl (C=O) groups excluding carboxylic acids is 6. The van der Waals surface area contributed by atoms with E-state index < -0.39 is 53.5 Å². The van der Waals surface area contributed by atoms with Crippen LogP contribution in [0.15, 0.2) is 24.5 Å². The molecule has 0 saturated heterocycles. The zero-order valence-electron chi connectivity index (χ0n) is 25.2. The Kier molecular flexibility index (Phi) is 15.9.